The normalized spacial score (nSPS) is 13.2. The van der Waals surface area contributed by atoms with E-state index in [9.17, 15) is 9.59 Å². The Labute approximate surface area is 138 Å². The molecule has 1 aromatic rings. The van der Waals surface area contributed by atoms with Gasteiger partial charge in [0.25, 0.3) is 0 Å². The van der Waals surface area contributed by atoms with Crippen LogP contribution >= 0.6 is 0 Å². The number of hydrogen-bond donors (Lipinski definition) is 1. The van der Waals surface area contributed by atoms with Crippen molar-refractivity contribution in [2.45, 2.75) is 52.7 Å². The maximum absolute atomic E-state index is 12.4. The summed E-state index contributed by atoms with van der Waals surface area (Å²) in [5, 5.41) is 8.83. The number of carboxylic acids is 1. The molecule has 0 heterocycles. The fourth-order valence-electron chi connectivity index (χ4n) is 2.19. The molecule has 2 atom stereocenters. The number of aliphatic carboxylic acids is 1. The predicted octanol–water partition coefficient (Wildman–Crippen LogP) is 3.92. The zero-order valence-corrected chi connectivity index (χ0v) is 14.2. The molecule has 0 bridgehead atoms. The van der Waals surface area contributed by atoms with E-state index in [1.54, 1.807) is 4.90 Å². The quantitative estimate of drug-likeness (QED) is 0.748. The Balaban J connectivity index is 2.65. The molecule has 5 nitrogen and oxygen atoms in total. The molecule has 1 rings (SSSR count). The predicted molar refractivity (Wildman–Crippen MR) is 89.1 cm³/mol. The van der Waals surface area contributed by atoms with Gasteiger partial charge in [0, 0.05) is 19.0 Å². The van der Waals surface area contributed by atoms with Crippen molar-refractivity contribution in [2.75, 3.05) is 6.54 Å². The van der Waals surface area contributed by atoms with Gasteiger partial charge in [0.05, 0.1) is 0 Å². The van der Waals surface area contributed by atoms with Crippen LogP contribution in [0.25, 0.3) is 0 Å². The lowest BCUT2D eigenvalue weighted by atomic mass is 10.1. The molecular weight excluding hydrogens is 294 g/mol. The third-order valence-corrected chi connectivity index (χ3v) is 3.95. The van der Waals surface area contributed by atoms with E-state index in [2.05, 4.69) is 13.8 Å². The second kappa shape index (κ2) is 9.87. The van der Waals surface area contributed by atoms with Gasteiger partial charge < -0.3 is 14.7 Å². The molecule has 23 heavy (non-hydrogen) atoms. The van der Waals surface area contributed by atoms with Gasteiger partial charge in [0.1, 0.15) is 6.61 Å². The van der Waals surface area contributed by atoms with Crippen LogP contribution in [-0.2, 0) is 16.1 Å². The van der Waals surface area contributed by atoms with E-state index in [-0.39, 0.29) is 25.2 Å². The van der Waals surface area contributed by atoms with E-state index in [1.807, 2.05) is 37.3 Å². The Morgan fingerprint density at radius 3 is 2.43 bits per heavy atom. The molecule has 0 fully saturated rings. The summed E-state index contributed by atoms with van der Waals surface area (Å²) in [4.78, 5) is 24.8. The summed E-state index contributed by atoms with van der Waals surface area (Å²) in [5.41, 5.74) is 0.933. The van der Waals surface area contributed by atoms with Crippen molar-refractivity contribution in [1.29, 1.82) is 0 Å². The standard InChI is InChI=1S/C18H27NO4/c1-4-14(2)12-19(15(3)10-11-17(20)21)18(22)23-13-16-8-6-5-7-9-16/h5-9,14-15H,4,10-13H2,1-3H3,(H,20,21). The Bertz CT molecular complexity index is 489. The second-order valence-electron chi connectivity index (χ2n) is 5.99. The van der Waals surface area contributed by atoms with E-state index in [0.717, 1.165) is 12.0 Å². The van der Waals surface area contributed by atoms with Crippen molar-refractivity contribution in [3.05, 3.63) is 35.9 Å². The Kier molecular flexibility index (Phi) is 8.16. The van der Waals surface area contributed by atoms with Crippen LogP contribution in [0, 0.1) is 5.92 Å². The molecule has 0 aliphatic carbocycles. The highest BCUT2D eigenvalue weighted by Crippen LogP contribution is 2.14. The third kappa shape index (κ3) is 7.17. The summed E-state index contributed by atoms with van der Waals surface area (Å²) in [6.45, 7) is 6.81. The molecule has 5 heteroatoms. The molecule has 128 valence electrons. The number of benzene rings is 1. The van der Waals surface area contributed by atoms with Crippen molar-refractivity contribution in [3.63, 3.8) is 0 Å². The van der Waals surface area contributed by atoms with Gasteiger partial charge in [-0.2, -0.15) is 0 Å². The first-order valence-electron chi connectivity index (χ1n) is 8.13. The van der Waals surface area contributed by atoms with Crippen molar-refractivity contribution in [1.82, 2.24) is 4.90 Å². The van der Waals surface area contributed by atoms with Crippen molar-refractivity contribution < 1.29 is 19.4 Å². The van der Waals surface area contributed by atoms with Crippen molar-refractivity contribution in [3.8, 4) is 0 Å². The number of carboxylic acid groups (broad SMARTS) is 1. The lowest BCUT2D eigenvalue weighted by Gasteiger charge is -2.30. The fourth-order valence-corrected chi connectivity index (χ4v) is 2.19. The molecule has 1 N–H and O–H groups in total. The lowest BCUT2D eigenvalue weighted by Crippen LogP contribution is -2.41. The summed E-state index contributed by atoms with van der Waals surface area (Å²) < 4.78 is 5.40. The molecule has 0 aliphatic heterocycles. The number of hydrogen-bond acceptors (Lipinski definition) is 3. The molecular formula is C18H27NO4. The highest BCUT2D eigenvalue weighted by Gasteiger charge is 2.23. The van der Waals surface area contributed by atoms with E-state index in [1.165, 1.54) is 0 Å². The average molecular weight is 321 g/mol. The zero-order valence-electron chi connectivity index (χ0n) is 14.2. The Hall–Kier alpha value is -2.04. The Morgan fingerprint density at radius 2 is 1.87 bits per heavy atom. The number of carbonyl (C=O) groups excluding carboxylic acids is 1. The number of rotatable bonds is 9. The van der Waals surface area contributed by atoms with E-state index < -0.39 is 5.97 Å². The van der Waals surface area contributed by atoms with Gasteiger partial charge in [-0.25, -0.2) is 4.79 Å². The van der Waals surface area contributed by atoms with Gasteiger partial charge in [0.2, 0.25) is 0 Å². The van der Waals surface area contributed by atoms with Gasteiger partial charge in [0.15, 0.2) is 0 Å². The molecule has 0 saturated heterocycles. The van der Waals surface area contributed by atoms with Crippen LogP contribution in [0.4, 0.5) is 4.79 Å². The van der Waals surface area contributed by atoms with Crippen LogP contribution in [-0.4, -0.2) is 34.7 Å². The first-order valence-corrected chi connectivity index (χ1v) is 8.13. The van der Waals surface area contributed by atoms with Gasteiger partial charge >= 0.3 is 12.1 Å². The molecule has 0 aliphatic rings. The SMILES string of the molecule is CCC(C)CN(C(=O)OCc1ccccc1)C(C)CCC(=O)O. The van der Waals surface area contributed by atoms with Crippen molar-refractivity contribution in [2.24, 2.45) is 5.92 Å². The van der Waals surface area contributed by atoms with Crippen LogP contribution in [0.5, 0.6) is 0 Å². The third-order valence-electron chi connectivity index (χ3n) is 3.95. The molecule has 2 unspecified atom stereocenters. The maximum Gasteiger partial charge on any atom is 0.410 e. The van der Waals surface area contributed by atoms with E-state index in [0.29, 0.717) is 18.9 Å². The van der Waals surface area contributed by atoms with Crippen molar-refractivity contribution >= 4 is 12.1 Å². The van der Waals surface area contributed by atoms with Gasteiger partial charge in [-0.1, -0.05) is 50.6 Å². The largest absolute Gasteiger partial charge is 0.481 e. The minimum Gasteiger partial charge on any atom is -0.481 e. The summed E-state index contributed by atoms with van der Waals surface area (Å²) in [6, 6.07) is 9.35. The lowest BCUT2D eigenvalue weighted by molar-refractivity contribution is -0.137. The van der Waals surface area contributed by atoms with E-state index >= 15 is 0 Å². The van der Waals surface area contributed by atoms with Crippen LogP contribution < -0.4 is 0 Å². The highest BCUT2D eigenvalue weighted by molar-refractivity contribution is 5.69. The van der Waals surface area contributed by atoms with Crippen LogP contribution in [0.2, 0.25) is 0 Å². The van der Waals surface area contributed by atoms with E-state index in [4.69, 9.17) is 9.84 Å². The summed E-state index contributed by atoms with van der Waals surface area (Å²) in [5.74, 6) is -0.510. The second-order valence-corrected chi connectivity index (χ2v) is 5.99. The number of ether oxygens (including phenoxy) is 1. The van der Waals surface area contributed by atoms with Crippen LogP contribution in [0.1, 0.15) is 45.6 Å². The smallest absolute Gasteiger partial charge is 0.410 e. The number of amides is 1. The maximum atomic E-state index is 12.4. The number of carbonyl (C=O) groups is 2. The van der Waals surface area contributed by atoms with Crippen LogP contribution in [0.3, 0.4) is 0 Å². The average Bonchev–Trinajstić information content (AvgIpc) is 2.55. The topological polar surface area (TPSA) is 66.8 Å². The molecule has 0 aromatic heterocycles. The minimum atomic E-state index is -0.849. The summed E-state index contributed by atoms with van der Waals surface area (Å²) in [6.07, 6.45) is 1.04. The van der Waals surface area contributed by atoms with Gasteiger partial charge in [-0.3, -0.25) is 4.79 Å². The monoisotopic (exact) mass is 321 g/mol. The van der Waals surface area contributed by atoms with Crippen LogP contribution in [0.15, 0.2) is 30.3 Å². The molecule has 0 saturated carbocycles. The molecule has 1 amide bonds. The fraction of sp³-hybridized carbons (Fsp3) is 0.556. The highest BCUT2D eigenvalue weighted by atomic mass is 16.6. The summed E-state index contributed by atoms with van der Waals surface area (Å²) >= 11 is 0. The minimum absolute atomic E-state index is 0.0458. The molecule has 0 spiro atoms. The number of nitrogens with zero attached hydrogens (tertiary/aromatic N) is 1. The zero-order chi connectivity index (χ0) is 17.2. The molecule has 0 radical (unpaired) electrons. The van der Waals surface area contributed by atoms with Gasteiger partial charge in [-0.15, -0.1) is 0 Å². The first kappa shape index (κ1) is 19.0. The molecule has 1 aromatic carbocycles. The summed E-state index contributed by atoms with van der Waals surface area (Å²) in [7, 11) is 0. The first-order chi connectivity index (χ1) is 10.9. The van der Waals surface area contributed by atoms with Gasteiger partial charge in [-0.05, 0) is 24.8 Å². The Morgan fingerprint density at radius 1 is 1.22 bits per heavy atom.